The molecule has 0 atom stereocenters. The Labute approximate surface area is 117 Å². The lowest BCUT2D eigenvalue weighted by molar-refractivity contribution is 0.0846. The topological polar surface area (TPSA) is 92.9 Å². The van der Waals surface area contributed by atoms with Gasteiger partial charge in [-0.05, 0) is 16.7 Å². The standard InChI is InChI=1S/C10H16ClN5O2Si/c1-19(2,3)5-4-18-7-16-8(6-17)9(11)13-10(16)14-15-12/h6H,4-5,7H2,1-3H3. The van der Waals surface area contributed by atoms with Gasteiger partial charge in [-0.25, -0.2) is 4.98 Å². The van der Waals surface area contributed by atoms with Crippen LogP contribution in [-0.2, 0) is 11.5 Å². The summed E-state index contributed by atoms with van der Waals surface area (Å²) in [7, 11) is -1.17. The second kappa shape index (κ2) is 6.72. The van der Waals surface area contributed by atoms with Crippen LogP contribution in [0.1, 0.15) is 10.5 Å². The van der Waals surface area contributed by atoms with Crippen LogP contribution in [0, 0.1) is 0 Å². The average Bonchev–Trinajstić information content (AvgIpc) is 2.60. The van der Waals surface area contributed by atoms with Gasteiger partial charge in [0.15, 0.2) is 11.4 Å². The average molecular weight is 302 g/mol. The highest BCUT2D eigenvalue weighted by atomic mass is 35.5. The summed E-state index contributed by atoms with van der Waals surface area (Å²) in [6.45, 7) is 7.40. The molecular weight excluding hydrogens is 286 g/mol. The fourth-order valence-electron chi connectivity index (χ4n) is 1.31. The van der Waals surface area contributed by atoms with Crippen LogP contribution in [0.5, 0.6) is 0 Å². The number of hydrogen-bond acceptors (Lipinski definition) is 4. The number of halogens is 1. The van der Waals surface area contributed by atoms with E-state index in [-0.39, 0.29) is 23.5 Å². The third-order valence-electron chi connectivity index (χ3n) is 2.40. The van der Waals surface area contributed by atoms with Gasteiger partial charge < -0.3 is 4.74 Å². The number of rotatable bonds is 7. The Morgan fingerprint density at radius 1 is 1.58 bits per heavy atom. The summed E-state index contributed by atoms with van der Waals surface area (Å²) in [4.78, 5) is 17.4. The summed E-state index contributed by atoms with van der Waals surface area (Å²) in [6, 6.07) is 1.00. The molecule has 0 aliphatic heterocycles. The van der Waals surface area contributed by atoms with Gasteiger partial charge in [0, 0.05) is 19.6 Å². The molecule has 1 aromatic heterocycles. The zero-order chi connectivity index (χ0) is 14.5. The van der Waals surface area contributed by atoms with Crippen LogP contribution in [0.25, 0.3) is 10.4 Å². The molecule has 0 bridgehead atoms. The van der Waals surface area contributed by atoms with E-state index in [1.54, 1.807) is 0 Å². The molecular formula is C10H16ClN5O2Si. The molecule has 1 aromatic rings. The summed E-state index contributed by atoms with van der Waals surface area (Å²) in [5.41, 5.74) is 8.58. The minimum atomic E-state index is -1.17. The monoisotopic (exact) mass is 301 g/mol. The lowest BCUT2D eigenvalue weighted by atomic mass is 10.5. The maximum Gasteiger partial charge on any atom is 0.200 e. The first-order valence-corrected chi connectivity index (χ1v) is 9.81. The van der Waals surface area contributed by atoms with Gasteiger partial charge in [-0.1, -0.05) is 31.2 Å². The highest BCUT2D eigenvalue weighted by Crippen LogP contribution is 2.22. The summed E-state index contributed by atoms with van der Waals surface area (Å²) < 4.78 is 6.86. The first-order valence-electron chi connectivity index (χ1n) is 5.73. The number of aromatic nitrogens is 2. The molecule has 0 saturated heterocycles. The molecule has 0 amide bonds. The predicted molar refractivity (Wildman–Crippen MR) is 75.5 cm³/mol. The molecule has 0 spiro atoms. The first kappa shape index (κ1) is 15.7. The highest BCUT2D eigenvalue weighted by molar-refractivity contribution is 6.76. The van der Waals surface area contributed by atoms with E-state index in [0.717, 1.165) is 6.04 Å². The quantitative estimate of drug-likeness (QED) is 0.192. The number of ether oxygens (including phenoxy) is 1. The van der Waals surface area contributed by atoms with Gasteiger partial charge in [-0.15, -0.1) is 0 Å². The molecule has 0 aliphatic rings. The number of azide groups is 1. The maximum absolute atomic E-state index is 10.9. The van der Waals surface area contributed by atoms with Crippen LogP contribution in [-0.4, -0.2) is 30.5 Å². The van der Waals surface area contributed by atoms with Crippen molar-refractivity contribution in [2.75, 3.05) is 6.61 Å². The molecule has 0 saturated carbocycles. The van der Waals surface area contributed by atoms with Gasteiger partial charge in [0.2, 0.25) is 5.95 Å². The smallest absolute Gasteiger partial charge is 0.200 e. The third-order valence-corrected chi connectivity index (χ3v) is 4.39. The molecule has 19 heavy (non-hydrogen) atoms. The molecule has 0 aromatic carbocycles. The summed E-state index contributed by atoms with van der Waals surface area (Å²) in [6.07, 6.45) is 0.563. The minimum absolute atomic E-state index is 0.00574. The number of aldehydes is 1. The van der Waals surface area contributed by atoms with E-state index in [2.05, 4.69) is 34.7 Å². The van der Waals surface area contributed by atoms with E-state index in [1.807, 2.05) is 0 Å². The minimum Gasteiger partial charge on any atom is -0.361 e. The molecule has 7 nitrogen and oxygen atoms in total. The second-order valence-corrected chi connectivity index (χ2v) is 11.2. The molecule has 1 rings (SSSR count). The SMILES string of the molecule is C[Si](C)(C)CCOCn1c(N=[N+]=[N-])nc(Cl)c1C=O. The molecule has 0 fully saturated rings. The Morgan fingerprint density at radius 3 is 2.79 bits per heavy atom. The van der Waals surface area contributed by atoms with Crippen LogP contribution in [0.4, 0.5) is 5.95 Å². The van der Waals surface area contributed by atoms with Crippen molar-refractivity contribution in [1.82, 2.24) is 9.55 Å². The van der Waals surface area contributed by atoms with Gasteiger partial charge in [0.1, 0.15) is 12.4 Å². The van der Waals surface area contributed by atoms with Gasteiger partial charge >= 0.3 is 0 Å². The maximum atomic E-state index is 10.9. The normalized spacial score (nSPS) is 11.2. The van der Waals surface area contributed by atoms with Crippen molar-refractivity contribution >= 4 is 31.9 Å². The second-order valence-electron chi connectivity index (χ2n) is 5.17. The van der Waals surface area contributed by atoms with E-state index in [4.69, 9.17) is 21.9 Å². The number of imidazole rings is 1. The van der Waals surface area contributed by atoms with Gasteiger partial charge in [0.05, 0.1) is 0 Å². The molecule has 0 radical (unpaired) electrons. The van der Waals surface area contributed by atoms with Crippen molar-refractivity contribution in [3.05, 3.63) is 21.3 Å². The lowest BCUT2D eigenvalue weighted by Gasteiger charge is -2.16. The van der Waals surface area contributed by atoms with Crippen molar-refractivity contribution in [3.63, 3.8) is 0 Å². The molecule has 1 heterocycles. The highest BCUT2D eigenvalue weighted by Gasteiger charge is 2.15. The van der Waals surface area contributed by atoms with Crippen LogP contribution < -0.4 is 0 Å². The Hall–Kier alpha value is -1.34. The van der Waals surface area contributed by atoms with Crippen LogP contribution in [0.3, 0.4) is 0 Å². The van der Waals surface area contributed by atoms with Crippen molar-refractivity contribution in [1.29, 1.82) is 0 Å². The molecule has 0 N–H and O–H groups in total. The number of carbonyl (C=O) groups is 1. The zero-order valence-electron chi connectivity index (χ0n) is 11.1. The van der Waals surface area contributed by atoms with Crippen LogP contribution in [0.15, 0.2) is 5.11 Å². The Kier molecular flexibility index (Phi) is 5.55. The van der Waals surface area contributed by atoms with E-state index < -0.39 is 8.07 Å². The van der Waals surface area contributed by atoms with Crippen LogP contribution in [0.2, 0.25) is 30.8 Å². The molecule has 0 aliphatic carbocycles. The number of nitrogens with zero attached hydrogens (tertiary/aromatic N) is 5. The summed E-state index contributed by atoms with van der Waals surface area (Å²) in [5.74, 6) is 0.0302. The third kappa shape index (κ3) is 4.68. The van der Waals surface area contributed by atoms with E-state index >= 15 is 0 Å². The Bertz CT molecular complexity index is 505. The Balaban J connectivity index is 2.76. The summed E-state index contributed by atoms with van der Waals surface area (Å²) in [5, 5.41) is 3.39. The van der Waals surface area contributed by atoms with Gasteiger partial charge in [-0.3, -0.25) is 9.36 Å². The lowest BCUT2D eigenvalue weighted by Crippen LogP contribution is -2.22. The number of carbonyl (C=O) groups excluding carboxylic acids is 1. The van der Waals surface area contributed by atoms with E-state index in [0.29, 0.717) is 12.9 Å². The summed E-state index contributed by atoms with van der Waals surface area (Å²) >= 11 is 5.78. The van der Waals surface area contributed by atoms with Crippen LogP contribution >= 0.6 is 11.6 Å². The number of hydrogen-bond donors (Lipinski definition) is 0. The van der Waals surface area contributed by atoms with E-state index in [9.17, 15) is 4.79 Å². The fourth-order valence-corrected chi connectivity index (χ4v) is 2.29. The first-order chi connectivity index (χ1) is 8.89. The fraction of sp³-hybridized carbons (Fsp3) is 0.600. The van der Waals surface area contributed by atoms with Gasteiger partial charge in [0.25, 0.3) is 0 Å². The molecule has 9 heteroatoms. The molecule has 104 valence electrons. The largest absolute Gasteiger partial charge is 0.361 e. The molecule has 0 unspecified atom stereocenters. The predicted octanol–water partition coefficient (Wildman–Crippen LogP) is 3.60. The van der Waals surface area contributed by atoms with Gasteiger partial charge in [-0.2, -0.15) is 0 Å². The van der Waals surface area contributed by atoms with Crippen molar-refractivity contribution in [2.24, 2.45) is 5.11 Å². The zero-order valence-corrected chi connectivity index (χ0v) is 12.9. The van der Waals surface area contributed by atoms with E-state index in [1.165, 1.54) is 4.57 Å². The Morgan fingerprint density at radius 2 is 2.26 bits per heavy atom. The van der Waals surface area contributed by atoms with Crippen molar-refractivity contribution < 1.29 is 9.53 Å². The van der Waals surface area contributed by atoms with Crippen molar-refractivity contribution in [2.45, 2.75) is 32.4 Å². The van der Waals surface area contributed by atoms with Crippen molar-refractivity contribution in [3.8, 4) is 0 Å².